The lowest BCUT2D eigenvalue weighted by atomic mass is 10.0. The Hall–Kier alpha value is 0.0500. The highest BCUT2D eigenvalue weighted by atomic mass is 79.9. The molecule has 1 rings (SSSR count). The molecule has 0 bridgehead atoms. The molecule has 0 unspecified atom stereocenters. The molecule has 0 radical (unpaired) electrons. The van der Waals surface area contributed by atoms with E-state index in [1.54, 1.807) is 6.07 Å². The fourth-order valence-electron chi connectivity index (χ4n) is 2.15. The van der Waals surface area contributed by atoms with Gasteiger partial charge in [-0.2, -0.15) is 0 Å². The zero-order valence-corrected chi connectivity index (χ0v) is 16.3. The van der Waals surface area contributed by atoms with Gasteiger partial charge in [-0.25, -0.2) is 13.1 Å². The average molecular weight is 397 g/mol. The number of hydrogen-bond acceptors (Lipinski definition) is 4. The molecule has 0 aliphatic carbocycles. The van der Waals surface area contributed by atoms with E-state index < -0.39 is 15.6 Å². The van der Waals surface area contributed by atoms with Crippen LogP contribution in [0.4, 0.5) is 0 Å². The SMILES string of the molecule is CCCNCc1cc(S(=O)(=O)NC(C)(C)CCC)c(Br)s1. The van der Waals surface area contributed by atoms with Gasteiger partial charge >= 0.3 is 0 Å². The molecule has 0 amide bonds. The third kappa shape index (κ3) is 5.98. The van der Waals surface area contributed by atoms with Gasteiger partial charge in [-0.15, -0.1) is 11.3 Å². The van der Waals surface area contributed by atoms with Crippen molar-refractivity contribution in [3.05, 3.63) is 14.7 Å². The van der Waals surface area contributed by atoms with Crippen LogP contribution < -0.4 is 10.0 Å². The molecule has 4 nitrogen and oxygen atoms in total. The molecule has 1 heterocycles. The summed E-state index contributed by atoms with van der Waals surface area (Å²) >= 11 is 4.85. The molecule has 0 saturated carbocycles. The van der Waals surface area contributed by atoms with Crippen LogP contribution in [-0.2, 0) is 16.6 Å². The minimum atomic E-state index is -3.49. The smallest absolute Gasteiger partial charge is 0.243 e. The van der Waals surface area contributed by atoms with E-state index >= 15 is 0 Å². The van der Waals surface area contributed by atoms with Crippen LogP contribution in [0.5, 0.6) is 0 Å². The third-order valence-electron chi connectivity index (χ3n) is 3.01. The van der Waals surface area contributed by atoms with Crippen LogP contribution in [0, 0.1) is 0 Å². The summed E-state index contributed by atoms with van der Waals surface area (Å²) in [5, 5.41) is 3.29. The minimum Gasteiger partial charge on any atom is -0.312 e. The highest BCUT2D eigenvalue weighted by molar-refractivity contribution is 9.11. The number of thiophene rings is 1. The van der Waals surface area contributed by atoms with E-state index in [1.807, 2.05) is 20.8 Å². The van der Waals surface area contributed by atoms with Gasteiger partial charge in [-0.1, -0.05) is 20.3 Å². The number of rotatable bonds is 9. The maximum absolute atomic E-state index is 12.5. The Morgan fingerprint density at radius 1 is 1.29 bits per heavy atom. The lowest BCUT2D eigenvalue weighted by molar-refractivity contribution is 0.417. The molecule has 0 atom stereocenters. The van der Waals surface area contributed by atoms with Crippen LogP contribution in [0.3, 0.4) is 0 Å². The average Bonchev–Trinajstić information content (AvgIpc) is 2.70. The predicted molar refractivity (Wildman–Crippen MR) is 93.3 cm³/mol. The fraction of sp³-hybridized carbons (Fsp3) is 0.714. The molecule has 0 aliphatic rings. The zero-order valence-electron chi connectivity index (χ0n) is 13.1. The first kappa shape index (κ1) is 19.1. The molecule has 2 N–H and O–H groups in total. The van der Waals surface area contributed by atoms with Crippen molar-refractivity contribution < 1.29 is 8.42 Å². The molecule has 1 aromatic heterocycles. The highest BCUT2D eigenvalue weighted by Gasteiger charge is 2.28. The molecular weight excluding hydrogens is 372 g/mol. The molecule has 21 heavy (non-hydrogen) atoms. The van der Waals surface area contributed by atoms with Gasteiger partial charge in [0.15, 0.2) is 0 Å². The number of hydrogen-bond donors (Lipinski definition) is 2. The molecule has 0 saturated heterocycles. The Kier molecular flexibility index (Phi) is 7.33. The zero-order chi connectivity index (χ0) is 16.1. The second-order valence-corrected chi connectivity index (χ2v) is 9.87. The third-order valence-corrected chi connectivity index (χ3v) is 6.96. The highest BCUT2D eigenvalue weighted by Crippen LogP contribution is 2.32. The Morgan fingerprint density at radius 2 is 1.95 bits per heavy atom. The van der Waals surface area contributed by atoms with Gasteiger partial charge in [0.2, 0.25) is 10.0 Å². The van der Waals surface area contributed by atoms with Crippen molar-refractivity contribution >= 4 is 37.3 Å². The first-order chi connectivity index (χ1) is 9.72. The van der Waals surface area contributed by atoms with Gasteiger partial charge in [0, 0.05) is 17.0 Å². The lowest BCUT2D eigenvalue weighted by Gasteiger charge is -2.25. The van der Waals surface area contributed by atoms with E-state index in [0.717, 1.165) is 30.7 Å². The topological polar surface area (TPSA) is 58.2 Å². The lowest BCUT2D eigenvalue weighted by Crippen LogP contribution is -2.43. The van der Waals surface area contributed by atoms with Gasteiger partial charge in [-0.05, 0) is 55.2 Å². The Balaban J connectivity index is 2.88. The summed E-state index contributed by atoms with van der Waals surface area (Å²) in [6.07, 6.45) is 2.80. The second kappa shape index (κ2) is 8.06. The van der Waals surface area contributed by atoms with Crippen LogP contribution in [0.15, 0.2) is 14.7 Å². The Morgan fingerprint density at radius 3 is 2.52 bits per heavy atom. The number of sulfonamides is 1. The second-order valence-electron chi connectivity index (χ2n) is 5.77. The quantitative estimate of drug-likeness (QED) is 0.622. The molecule has 7 heteroatoms. The minimum absolute atomic E-state index is 0.338. The number of halogens is 1. The summed E-state index contributed by atoms with van der Waals surface area (Å²) in [4.78, 5) is 1.36. The van der Waals surface area contributed by atoms with E-state index in [1.165, 1.54) is 11.3 Å². The van der Waals surface area contributed by atoms with Crippen molar-refractivity contribution in [3.8, 4) is 0 Å². The Bertz CT molecular complexity index is 553. The van der Waals surface area contributed by atoms with Crippen molar-refractivity contribution in [3.63, 3.8) is 0 Å². The monoisotopic (exact) mass is 396 g/mol. The molecule has 1 aromatic rings. The van der Waals surface area contributed by atoms with E-state index in [0.29, 0.717) is 15.2 Å². The van der Waals surface area contributed by atoms with E-state index in [2.05, 4.69) is 32.9 Å². The summed E-state index contributed by atoms with van der Waals surface area (Å²) in [5.74, 6) is 0. The van der Waals surface area contributed by atoms with Crippen molar-refractivity contribution in [1.82, 2.24) is 10.0 Å². The first-order valence-corrected chi connectivity index (χ1v) is 10.3. The summed E-state index contributed by atoms with van der Waals surface area (Å²) < 4.78 is 28.5. The largest absolute Gasteiger partial charge is 0.312 e. The first-order valence-electron chi connectivity index (χ1n) is 7.24. The molecule has 0 fully saturated rings. The van der Waals surface area contributed by atoms with Gasteiger partial charge in [-0.3, -0.25) is 0 Å². The van der Waals surface area contributed by atoms with Crippen LogP contribution in [0.1, 0.15) is 51.8 Å². The van der Waals surface area contributed by atoms with Crippen LogP contribution >= 0.6 is 27.3 Å². The predicted octanol–water partition coefficient (Wildman–Crippen LogP) is 3.87. The molecule has 122 valence electrons. The van der Waals surface area contributed by atoms with Crippen molar-refractivity contribution in [2.24, 2.45) is 0 Å². The normalized spacial score (nSPS) is 12.8. The van der Waals surface area contributed by atoms with Gasteiger partial charge < -0.3 is 5.32 Å². The molecule has 0 aromatic carbocycles. The molecule has 0 aliphatic heterocycles. The fourth-order valence-corrected chi connectivity index (χ4v) is 6.25. The summed E-state index contributed by atoms with van der Waals surface area (Å²) in [5.41, 5.74) is -0.435. The van der Waals surface area contributed by atoms with Crippen LogP contribution in [0.2, 0.25) is 0 Å². The summed E-state index contributed by atoms with van der Waals surface area (Å²) in [7, 11) is -3.49. The molecule has 0 spiro atoms. The van der Waals surface area contributed by atoms with E-state index in [9.17, 15) is 8.42 Å². The van der Waals surface area contributed by atoms with Crippen molar-refractivity contribution in [2.45, 2.75) is 63.9 Å². The van der Waals surface area contributed by atoms with Gasteiger partial charge in [0.25, 0.3) is 0 Å². The maximum atomic E-state index is 12.5. The Labute approximate surface area is 140 Å². The van der Waals surface area contributed by atoms with Crippen molar-refractivity contribution in [1.29, 1.82) is 0 Å². The van der Waals surface area contributed by atoms with E-state index in [-0.39, 0.29) is 0 Å². The van der Waals surface area contributed by atoms with Crippen molar-refractivity contribution in [2.75, 3.05) is 6.54 Å². The number of nitrogens with one attached hydrogen (secondary N) is 2. The summed E-state index contributed by atoms with van der Waals surface area (Å²) in [6.45, 7) is 9.61. The standard InChI is InChI=1S/C14H25BrN2O2S2/c1-5-7-14(3,4)17-21(18,19)12-9-11(20-13(12)15)10-16-8-6-2/h9,16-17H,5-8,10H2,1-4H3. The van der Waals surface area contributed by atoms with Crippen LogP contribution in [-0.4, -0.2) is 20.5 Å². The maximum Gasteiger partial charge on any atom is 0.243 e. The van der Waals surface area contributed by atoms with Gasteiger partial charge in [0.1, 0.15) is 4.90 Å². The molecular formula is C14H25BrN2O2S2. The van der Waals surface area contributed by atoms with Crippen LogP contribution in [0.25, 0.3) is 0 Å². The summed E-state index contributed by atoms with van der Waals surface area (Å²) in [6, 6.07) is 1.75. The van der Waals surface area contributed by atoms with Gasteiger partial charge in [0.05, 0.1) is 3.79 Å². The van der Waals surface area contributed by atoms with E-state index in [4.69, 9.17) is 0 Å².